The number of amides is 1. The van der Waals surface area contributed by atoms with Crippen molar-refractivity contribution in [2.45, 2.75) is 33.0 Å². The summed E-state index contributed by atoms with van der Waals surface area (Å²) in [6, 6.07) is 8.74. The first-order chi connectivity index (χ1) is 13.6. The second kappa shape index (κ2) is 7.57. The van der Waals surface area contributed by atoms with Crippen LogP contribution < -0.4 is 10.7 Å². The van der Waals surface area contributed by atoms with Gasteiger partial charge in [-0.3, -0.25) is 9.59 Å². The van der Waals surface area contributed by atoms with Crippen molar-refractivity contribution in [1.82, 2.24) is 15.1 Å². The summed E-state index contributed by atoms with van der Waals surface area (Å²) in [6.45, 7) is 4.84. The van der Waals surface area contributed by atoms with Crippen LogP contribution in [0.2, 0.25) is 0 Å². The van der Waals surface area contributed by atoms with E-state index >= 15 is 0 Å². The summed E-state index contributed by atoms with van der Waals surface area (Å²) in [5.74, 6) is 0.321. The Morgan fingerprint density at radius 2 is 1.86 bits per heavy atom. The number of furan rings is 1. The third-order valence-electron chi connectivity index (χ3n) is 4.30. The van der Waals surface area contributed by atoms with Gasteiger partial charge in [0.1, 0.15) is 11.5 Å². The summed E-state index contributed by atoms with van der Waals surface area (Å²) >= 11 is 0. The first-order valence-corrected chi connectivity index (χ1v) is 8.72. The molecule has 0 spiro atoms. The molecule has 3 aromatic rings. The van der Waals surface area contributed by atoms with Crippen LogP contribution in [0.1, 0.15) is 46.2 Å². The maximum absolute atomic E-state index is 13.4. The molecule has 0 aliphatic carbocycles. The first-order valence-electron chi connectivity index (χ1n) is 8.72. The van der Waals surface area contributed by atoms with Gasteiger partial charge in [-0.15, -0.1) is 0 Å². The topological polar surface area (TPSA) is 77.1 Å². The zero-order valence-electron chi connectivity index (χ0n) is 15.9. The van der Waals surface area contributed by atoms with E-state index in [2.05, 4.69) is 10.4 Å². The molecule has 0 saturated carbocycles. The predicted octanol–water partition coefficient (Wildman–Crippen LogP) is 3.95. The third-order valence-corrected chi connectivity index (χ3v) is 4.30. The zero-order valence-corrected chi connectivity index (χ0v) is 15.9. The minimum absolute atomic E-state index is 0.165. The lowest BCUT2D eigenvalue weighted by molar-refractivity contribution is -0.137. The van der Waals surface area contributed by atoms with Gasteiger partial charge in [-0.25, -0.2) is 4.68 Å². The second-order valence-electron chi connectivity index (χ2n) is 6.57. The summed E-state index contributed by atoms with van der Waals surface area (Å²) in [6.07, 6.45) is -4.62. The average Bonchev–Trinajstić information content (AvgIpc) is 3.07. The minimum Gasteiger partial charge on any atom is -0.464 e. The molecule has 1 amide bonds. The normalized spacial score (nSPS) is 12.6. The van der Waals surface area contributed by atoms with Gasteiger partial charge in [0, 0.05) is 11.8 Å². The Balaban J connectivity index is 2.01. The fourth-order valence-electron chi connectivity index (χ4n) is 2.87. The number of para-hydroxylation sites is 1. The SMILES string of the molecule is Cc1ccc(C(C)NC(=O)c2nn(-c3ccccc3C(F)(F)F)c(C)cc2=O)o1. The van der Waals surface area contributed by atoms with E-state index in [-0.39, 0.29) is 11.4 Å². The molecule has 3 rings (SSSR count). The highest BCUT2D eigenvalue weighted by molar-refractivity contribution is 5.92. The maximum Gasteiger partial charge on any atom is 0.418 e. The lowest BCUT2D eigenvalue weighted by atomic mass is 10.1. The zero-order chi connectivity index (χ0) is 21.3. The highest BCUT2D eigenvalue weighted by Crippen LogP contribution is 2.33. The van der Waals surface area contributed by atoms with Gasteiger partial charge in [0.15, 0.2) is 5.69 Å². The van der Waals surface area contributed by atoms with Crippen LogP contribution in [0, 0.1) is 13.8 Å². The Morgan fingerprint density at radius 3 is 2.48 bits per heavy atom. The number of carbonyl (C=O) groups is 1. The molecule has 1 unspecified atom stereocenters. The maximum atomic E-state index is 13.4. The smallest absolute Gasteiger partial charge is 0.418 e. The van der Waals surface area contributed by atoms with Crippen LogP contribution in [0.3, 0.4) is 0 Å². The summed E-state index contributed by atoms with van der Waals surface area (Å²) in [5, 5.41) is 6.51. The number of halogens is 3. The number of nitrogens with zero attached hydrogens (tertiary/aromatic N) is 2. The predicted molar refractivity (Wildman–Crippen MR) is 98.9 cm³/mol. The number of hydrogen-bond acceptors (Lipinski definition) is 4. The average molecular weight is 405 g/mol. The summed E-state index contributed by atoms with van der Waals surface area (Å²) in [7, 11) is 0. The van der Waals surface area contributed by atoms with Gasteiger partial charge < -0.3 is 9.73 Å². The van der Waals surface area contributed by atoms with E-state index in [4.69, 9.17) is 4.42 Å². The molecule has 0 fully saturated rings. The van der Waals surface area contributed by atoms with E-state index in [1.54, 1.807) is 26.0 Å². The molecule has 29 heavy (non-hydrogen) atoms. The van der Waals surface area contributed by atoms with Crippen molar-refractivity contribution >= 4 is 5.91 Å². The number of alkyl halides is 3. The fraction of sp³-hybridized carbons (Fsp3) is 0.250. The summed E-state index contributed by atoms with van der Waals surface area (Å²) in [4.78, 5) is 24.9. The highest BCUT2D eigenvalue weighted by atomic mass is 19.4. The van der Waals surface area contributed by atoms with Gasteiger partial charge >= 0.3 is 6.18 Å². The van der Waals surface area contributed by atoms with Gasteiger partial charge in [0.2, 0.25) is 5.43 Å². The Hall–Kier alpha value is -3.36. The van der Waals surface area contributed by atoms with Gasteiger partial charge in [-0.2, -0.15) is 18.3 Å². The molecule has 2 heterocycles. The number of aryl methyl sites for hydroxylation is 2. The van der Waals surface area contributed by atoms with E-state index in [0.29, 0.717) is 11.5 Å². The van der Waals surface area contributed by atoms with Crippen LogP contribution in [-0.2, 0) is 6.18 Å². The molecule has 0 aliphatic heterocycles. The molecule has 0 radical (unpaired) electrons. The number of nitrogens with one attached hydrogen (secondary N) is 1. The van der Waals surface area contributed by atoms with Crippen LogP contribution in [0.4, 0.5) is 13.2 Å². The van der Waals surface area contributed by atoms with Crippen molar-refractivity contribution in [2.75, 3.05) is 0 Å². The molecule has 6 nitrogen and oxygen atoms in total. The van der Waals surface area contributed by atoms with Crippen molar-refractivity contribution in [3.05, 3.63) is 81.2 Å². The van der Waals surface area contributed by atoms with Crippen LogP contribution in [-0.4, -0.2) is 15.7 Å². The molecular formula is C20H18F3N3O3. The standard InChI is InChI=1S/C20H18F3N3O3/c1-11-10-16(27)18(19(28)24-13(3)17-9-8-12(2)29-17)25-26(11)15-7-5-4-6-14(15)20(21,22)23/h4-10,13H,1-3H3,(H,24,28). The van der Waals surface area contributed by atoms with Gasteiger partial charge in [0.05, 0.1) is 17.3 Å². The van der Waals surface area contributed by atoms with Crippen molar-refractivity contribution in [1.29, 1.82) is 0 Å². The number of benzene rings is 1. The van der Waals surface area contributed by atoms with E-state index in [0.717, 1.165) is 16.8 Å². The first kappa shape index (κ1) is 20.4. The highest BCUT2D eigenvalue weighted by Gasteiger charge is 2.34. The lowest BCUT2D eigenvalue weighted by Gasteiger charge is -2.17. The fourth-order valence-corrected chi connectivity index (χ4v) is 2.87. The van der Waals surface area contributed by atoms with E-state index in [1.807, 2.05) is 0 Å². The Morgan fingerprint density at radius 1 is 1.17 bits per heavy atom. The molecule has 0 saturated heterocycles. The van der Waals surface area contributed by atoms with Crippen molar-refractivity contribution < 1.29 is 22.4 Å². The van der Waals surface area contributed by atoms with E-state index < -0.39 is 34.8 Å². The molecule has 9 heteroatoms. The molecule has 0 aliphatic rings. The van der Waals surface area contributed by atoms with Crippen molar-refractivity contribution in [3.63, 3.8) is 0 Å². The van der Waals surface area contributed by atoms with Crippen LogP contribution in [0.15, 0.2) is 51.7 Å². The van der Waals surface area contributed by atoms with Crippen LogP contribution in [0.5, 0.6) is 0 Å². The van der Waals surface area contributed by atoms with Crippen LogP contribution >= 0.6 is 0 Å². The van der Waals surface area contributed by atoms with E-state index in [9.17, 15) is 22.8 Å². The molecule has 2 aromatic heterocycles. The van der Waals surface area contributed by atoms with Gasteiger partial charge in [-0.1, -0.05) is 12.1 Å². The minimum atomic E-state index is -4.62. The quantitative estimate of drug-likeness (QED) is 0.713. The summed E-state index contributed by atoms with van der Waals surface area (Å²) in [5.41, 5.74) is -2.24. The van der Waals surface area contributed by atoms with Crippen molar-refractivity contribution in [3.8, 4) is 5.69 Å². The second-order valence-corrected chi connectivity index (χ2v) is 6.57. The molecule has 1 aromatic carbocycles. The molecule has 1 N–H and O–H groups in total. The van der Waals surface area contributed by atoms with Gasteiger partial charge in [-0.05, 0) is 45.0 Å². The summed E-state index contributed by atoms with van der Waals surface area (Å²) < 4.78 is 46.5. The third kappa shape index (κ3) is 4.23. The number of carbonyl (C=O) groups excluding carboxylic acids is 1. The number of rotatable bonds is 4. The van der Waals surface area contributed by atoms with E-state index in [1.165, 1.54) is 25.1 Å². The number of hydrogen-bond donors (Lipinski definition) is 1. The molecular weight excluding hydrogens is 387 g/mol. The number of aromatic nitrogens is 2. The molecule has 0 bridgehead atoms. The Kier molecular flexibility index (Phi) is 5.32. The monoisotopic (exact) mass is 405 g/mol. The Bertz CT molecular complexity index is 1120. The van der Waals surface area contributed by atoms with Crippen molar-refractivity contribution in [2.24, 2.45) is 0 Å². The molecule has 1 atom stereocenters. The largest absolute Gasteiger partial charge is 0.464 e. The Labute approximate surface area is 164 Å². The van der Waals surface area contributed by atoms with Gasteiger partial charge in [0.25, 0.3) is 5.91 Å². The van der Waals surface area contributed by atoms with Crippen LogP contribution in [0.25, 0.3) is 5.69 Å². The lowest BCUT2D eigenvalue weighted by Crippen LogP contribution is -2.33. The molecule has 152 valence electrons.